The maximum atomic E-state index is 3.29. The molecule has 2 aromatic carbocycles. The molecule has 0 fully saturated rings. The van der Waals surface area contributed by atoms with Gasteiger partial charge in [-0.3, -0.25) is 0 Å². The summed E-state index contributed by atoms with van der Waals surface area (Å²) in [6.07, 6.45) is 11.4. The molecule has 18 heavy (non-hydrogen) atoms. The van der Waals surface area contributed by atoms with Crippen LogP contribution in [0.2, 0.25) is 0 Å². The maximum Gasteiger partial charge on any atom is 0.155 e. The molecule has 0 aromatic heterocycles. The summed E-state index contributed by atoms with van der Waals surface area (Å²) in [5.74, 6) is 0. The monoisotopic (exact) mass is 229 g/mol. The first-order valence-corrected chi connectivity index (χ1v) is 6.07. The topological polar surface area (TPSA) is 0 Å². The van der Waals surface area contributed by atoms with Crippen molar-refractivity contribution in [2.24, 2.45) is 0 Å². The van der Waals surface area contributed by atoms with Gasteiger partial charge in [-0.15, -0.1) is 0 Å². The van der Waals surface area contributed by atoms with Gasteiger partial charge in [-0.05, 0) is 17.7 Å². The molecule has 0 unspecified atom stereocenters. The number of hydrogen-bond acceptors (Lipinski definition) is 0. The summed E-state index contributed by atoms with van der Waals surface area (Å²) in [6.45, 7) is 0. The van der Waals surface area contributed by atoms with E-state index in [1.807, 2.05) is 24.3 Å². The molecule has 84 valence electrons. The Labute approximate surface area is 108 Å². The second-order valence-electron chi connectivity index (χ2n) is 4.19. The van der Waals surface area contributed by atoms with E-state index >= 15 is 0 Å². The van der Waals surface area contributed by atoms with Crippen LogP contribution in [0.15, 0.2) is 78.9 Å². The quantitative estimate of drug-likeness (QED) is 0.657. The van der Waals surface area contributed by atoms with Crippen LogP contribution in [0.5, 0.6) is 0 Å². The normalized spacial score (nSPS) is 13.0. The molecular weight excluding hydrogens is 216 g/mol. The molecule has 0 heteroatoms. The molecule has 0 amide bonds. The standard InChI is InChI=1S/C18H13/c1-3-9-15(10-4-1)17-13-7-8-14-18(17)16-11-5-2-6-12-16/h1-11,13-14H/q+1. The number of allylic oxidation sites excluding steroid dienone is 6. The van der Waals surface area contributed by atoms with Crippen LogP contribution in [0.4, 0.5) is 0 Å². The molecule has 0 spiro atoms. The van der Waals surface area contributed by atoms with Gasteiger partial charge >= 0.3 is 0 Å². The summed E-state index contributed by atoms with van der Waals surface area (Å²) >= 11 is 0. The van der Waals surface area contributed by atoms with Crippen LogP contribution in [0.25, 0.3) is 16.7 Å². The SMILES string of the molecule is [C+]1=CC=CC=C1c1ccccc1-c1ccccc1. The lowest BCUT2D eigenvalue weighted by Gasteiger charge is -2.05. The van der Waals surface area contributed by atoms with Crippen LogP contribution >= 0.6 is 0 Å². The third kappa shape index (κ3) is 2.02. The molecule has 2 aromatic rings. The van der Waals surface area contributed by atoms with Crippen LogP contribution in [-0.4, -0.2) is 0 Å². The molecule has 1 aliphatic rings. The van der Waals surface area contributed by atoms with Gasteiger partial charge in [0.15, 0.2) is 5.57 Å². The van der Waals surface area contributed by atoms with Crippen LogP contribution in [0.1, 0.15) is 5.56 Å². The van der Waals surface area contributed by atoms with Crippen molar-refractivity contribution < 1.29 is 0 Å². The smallest absolute Gasteiger partial charge is 0.0622 e. The predicted molar refractivity (Wildman–Crippen MR) is 76.8 cm³/mol. The molecule has 0 heterocycles. The van der Waals surface area contributed by atoms with Crippen LogP contribution in [0.3, 0.4) is 0 Å². The third-order valence-electron chi connectivity index (χ3n) is 3.01. The van der Waals surface area contributed by atoms with Gasteiger partial charge in [-0.2, -0.15) is 0 Å². The van der Waals surface area contributed by atoms with E-state index in [0.717, 1.165) is 5.57 Å². The highest BCUT2D eigenvalue weighted by Gasteiger charge is 2.14. The lowest BCUT2D eigenvalue weighted by molar-refractivity contribution is 1.55. The van der Waals surface area contributed by atoms with Crippen LogP contribution in [-0.2, 0) is 0 Å². The zero-order valence-electron chi connectivity index (χ0n) is 10.0. The maximum absolute atomic E-state index is 3.29. The average Bonchev–Trinajstić information content (AvgIpc) is 2.49. The minimum Gasteiger partial charge on any atom is -0.0622 e. The minimum absolute atomic E-state index is 1.14. The van der Waals surface area contributed by atoms with Crippen molar-refractivity contribution in [1.29, 1.82) is 0 Å². The van der Waals surface area contributed by atoms with E-state index in [1.165, 1.54) is 16.7 Å². The average molecular weight is 229 g/mol. The van der Waals surface area contributed by atoms with Crippen molar-refractivity contribution in [2.75, 3.05) is 0 Å². The third-order valence-corrected chi connectivity index (χ3v) is 3.01. The summed E-state index contributed by atoms with van der Waals surface area (Å²) in [5, 5.41) is 0. The molecule has 0 saturated heterocycles. The van der Waals surface area contributed by atoms with Crippen molar-refractivity contribution in [1.82, 2.24) is 0 Å². The first-order chi connectivity index (χ1) is 8.95. The number of hydrogen-bond donors (Lipinski definition) is 0. The highest BCUT2D eigenvalue weighted by atomic mass is 14.1. The minimum atomic E-state index is 1.14. The van der Waals surface area contributed by atoms with Gasteiger partial charge < -0.3 is 0 Å². The Balaban J connectivity index is 2.14. The van der Waals surface area contributed by atoms with Crippen molar-refractivity contribution in [3.05, 3.63) is 90.5 Å². The largest absolute Gasteiger partial charge is 0.155 e. The van der Waals surface area contributed by atoms with E-state index in [9.17, 15) is 0 Å². The van der Waals surface area contributed by atoms with Gasteiger partial charge in [0.2, 0.25) is 0 Å². The zero-order chi connectivity index (χ0) is 12.2. The molecule has 3 rings (SSSR count). The fraction of sp³-hybridized carbons (Fsp3) is 0. The Morgan fingerprint density at radius 2 is 1.39 bits per heavy atom. The Kier molecular flexibility index (Phi) is 2.87. The molecular formula is C18H13+. The fourth-order valence-electron chi connectivity index (χ4n) is 2.15. The highest BCUT2D eigenvalue weighted by Crippen LogP contribution is 2.29. The lowest BCUT2D eigenvalue weighted by Crippen LogP contribution is -1.89. The van der Waals surface area contributed by atoms with E-state index in [-0.39, 0.29) is 0 Å². The van der Waals surface area contributed by atoms with Crippen LogP contribution in [0, 0.1) is 6.08 Å². The number of rotatable bonds is 2. The Morgan fingerprint density at radius 3 is 2.11 bits per heavy atom. The van der Waals surface area contributed by atoms with Crippen LogP contribution < -0.4 is 0 Å². The summed E-state index contributed by atoms with van der Waals surface area (Å²) in [5.41, 5.74) is 4.85. The second kappa shape index (κ2) is 4.83. The molecule has 0 bridgehead atoms. The highest BCUT2D eigenvalue weighted by molar-refractivity contribution is 5.85. The van der Waals surface area contributed by atoms with Gasteiger partial charge in [0.25, 0.3) is 0 Å². The molecule has 0 N–H and O–H groups in total. The zero-order valence-corrected chi connectivity index (χ0v) is 10.0. The second-order valence-corrected chi connectivity index (χ2v) is 4.19. The summed E-state index contributed by atoms with van der Waals surface area (Å²) in [6, 6.07) is 18.9. The van der Waals surface area contributed by atoms with Crippen molar-refractivity contribution >= 4 is 5.57 Å². The predicted octanol–water partition coefficient (Wildman–Crippen LogP) is 4.67. The summed E-state index contributed by atoms with van der Waals surface area (Å²) in [7, 11) is 0. The van der Waals surface area contributed by atoms with Gasteiger partial charge in [-0.1, -0.05) is 42.5 Å². The lowest BCUT2D eigenvalue weighted by atomic mass is 9.93. The molecule has 0 aliphatic heterocycles. The van der Waals surface area contributed by atoms with E-state index in [4.69, 9.17) is 0 Å². The van der Waals surface area contributed by atoms with Gasteiger partial charge in [0.05, 0.1) is 11.6 Å². The summed E-state index contributed by atoms with van der Waals surface area (Å²) < 4.78 is 0. The molecule has 0 atom stereocenters. The van der Waals surface area contributed by atoms with E-state index < -0.39 is 0 Å². The Hall–Kier alpha value is -2.43. The van der Waals surface area contributed by atoms with E-state index in [2.05, 4.69) is 60.7 Å². The van der Waals surface area contributed by atoms with Gasteiger partial charge in [-0.25, -0.2) is 0 Å². The van der Waals surface area contributed by atoms with E-state index in [0.29, 0.717) is 0 Å². The van der Waals surface area contributed by atoms with Gasteiger partial charge in [0, 0.05) is 29.9 Å². The summed E-state index contributed by atoms with van der Waals surface area (Å²) in [4.78, 5) is 0. The molecule has 0 nitrogen and oxygen atoms in total. The Morgan fingerprint density at radius 1 is 0.667 bits per heavy atom. The number of benzene rings is 2. The first-order valence-electron chi connectivity index (χ1n) is 6.07. The fourth-order valence-corrected chi connectivity index (χ4v) is 2.15. The molecule has 1 aliphatic carbocycles. The molecule has 0 saturated carbocycles. The Bertz CT molecular complexity index is 628. The van der Waals surface area contributed by atoms with Crippen molar-refractivity contribution in [3.63, 3.8) is 0 Å². The first kappa shape index (κ1) is 10.7. The van der Waals surface area contributed by atoms with Gasteiger partial charge in [0.1, 0.15) is 0 Å². The van der Waals surface area contributed by atoms with E-state index in [1.54, 1.807) is 0 Å². The van der Waals surface area contributed by atoms with Crippen molar-refractivity contribution in [3.8, 4) is 11.1 Å². The van der Waals surface area contributed by atoms with Crippen molar-refractivity contribution in [2.45, 2.75) is 0 Å². The molecule has 0 radical (unpaired) electrons.